The lowest BCUT2D eigenvalue weighted by molar-refractivity contribution is -0.137. The quantitative estimate of drug-likeness (QED) is 0.764. The Bertz CT molecular complexity index is 340. The zero-order valence-corrected chi connectivity index (χ0v) is 10.7. The van der Waals surface area contributed by atoms with Gasteiger partial charge in [-0.15, -0.1) is 11.8 Å². The summed E-state index contributed by atoms with van der Waals surface area (Å²) in [4.78, 5) is 11.7. The van der Waals surface area contributed by atoms with E-state index in [4.69, 9.17) is 10.8 Å². The van der Waals surface area contributed by atoms with Gasteiger partial charge >= 0.3 is 5.97 Å². The molecule has 0 heterocycles. The molecule has 16 heavy (non-hydrogen) atoms. The molecule has 3 N–H and O–H groups in total. The van der Waals surface area contributed by atoms with Gasteiger partial charge in [-0.3, -0.25) is 4.79 Å². The normalized spacial score (nSPS) is 12.4. The maximum Gasteiger partial charge on any atom is 0.321 e. The van der Waals surface area contributed by atoms with E-state index in [1.807, 2.05) is 6.26 Å². The Morgan fingerprint density at radius 2 is 2.06 bits per heavy atom. The Hall–Kier alpha value is -0.650. The number of hydrogen-bond donors (Lipinski definition) is 2. The van der Waals surface area contributed by atoms with Gasteiger partial charge in [0.1, 0.15) is 6.04 Å². The fraction of sp³-hybridized carbons (Fsp3) is 0.364. The first-order valence-electron chi connectivity index (χ1n) is 4.82. The predicted molar refractivity (Wildman–Crippen MR) is 70.0 cm³/mol. The smallest absolute Gasteiger partial charge is 0.321 e. The molecule has 5 heteroatoms. The fourth-order valence-electron chi connectivity index (χ4n) is 1.10. The van der Waals surface area contributed by atoms with E-state index in [2.05, 4.69) is 24.3 Å². The van der Waals surface area contributed by atoms with Crippen molar-refractivity contribution in [2.24, 2.45) is 5.73 Å². The van der Waals surface area contributed by atoms with Crippen LogP contribution in [0.5, 0.6) is 0 Å². The topological polar surface area (TPSA) is 63.3 Å². The van der Waals surface area contributed by atoms with E-state index >= 15 is 0 Å². The molecule has 0 aliphatic rings. The second-order valence-corrected chi connectivity index (χ2v) is 5.22. The van der Waals surface area contributed by atoms with Crippen LogP contribution in [0.25, 0.3) is 0 Å². The van der Waals surface area contributed by atoms with E-state index in [9.17, 15) is 4.79 Å². The van der Waals surface area contributed by atoms with Gasteiger partial charge in [0.05, 0.1) is 0 Å². The van der Waals surface area contributed by atoms with Gasteiger partial charge in [-0.1, -0.05) is 12.1 Å². The molecule has 0 amide bonds. The molecule has 88 valence electrons. The summed E-state index contributed by atoms with van der Waals surface area (Å²) in [6.07, 6.45) is 2.04. The van der Waals surface area contributed by atoms with Crippen molar-refractivity contribution in [3.63, 3.8) is 0 Å². The van der Waals surface area contributed by atoms with Crippen LogP contribution < -0.4 is 5.73 Å². The van der Waals surface area contributed by atoms with Gasteiger partial charge in [0.2, 0.25) is 0 Å². The molecule has 0 spiro atoms. The lowest BCUT2D eigenvalue weighted by Gasteiger charge is -2.06. The molecule has 1 rings (SSSR count). The molecule has 1 aromatic rings. The largest absolute Gasteiger partial charge is 0.480 e. The SMILES string of the molecule is CSc1ccc(CSCC(N)C(=O)O)cc1. The first kappa shape index (κ1) is 13.4. The lowest BCUT2D eigenvalue weighted by atomic mass is 10.2. The molecule has 1 unspecified atom stereocenters. The van der Waals surface area contributed by atoms with E-state index in [0.717, 1.165) is 5.75 Å². The van der Waals surface area contributed by atoms with E-state index in [-0.39, 0.29) is 0 Å². The first-order valence-corrected chi connectivity index (χ1v) is 7.20. The highest BCUT2D eigenvalue weighted by molar-refractivity contribution is 7.98. The molecule has 0 radical (unpaired) electrons. The van der Waals surface area contributed by atoms with Crippen LogP contribution in [0.2, 0.25) is 0 Å². The number of nitrogens with two attached hydrogens (primary N) is 1. The molecule has 0 bridgehead atoms. The summed E-state index contributed by atoms with van der Waals surface area (Å²) in [5, 5.41) is 8.61. The van der Waals surface area contributed by atoms with E-state index in [1.54, 1.807) is 23.5 Å². The van der Waals surface area contributed by atoms with Crippen molar-refractivity contribution >= 4 is 29.5 Å². The van der Waals surface area contributed by atoms with Crippen LogP contribution in [0.4, 0.5) is 0 Å². The number of aliphatic carboxylic acids is 1. The third kappa shape index (κ3) is 4.47. The predicted octanol–water partition coefficient (Wildman–Crippen LogP) is 2.05. The molecule has 3 nitrogen and oxygen atoms in total. The summed E-state index contributed by atoms with van der Waals surface area (Å²) in [5.74, 6) is 0.306. The average Bonchev–Trinajstić information content (AvgIpc) is 2.29. The number of hydrogen-bond acceptors (Lipinski definition) is 4. The number of carboxylic acids is 1. The van der Waals surface area contributed by atoms with E-state index < -0.39 is 12.0 Å². The molecule has 1 atom stereocenters. The molecule has 0 aliphatic carbocycles. The Kier molecular flexibility index (Phi) is 5.73. The van der Waals surface area contributed by atoms with Crippen LogP contribution in [0.15, 0.2) is 29.2 Å². The van der Waals surface area contributed by atoms with Crippen LogP contribution in [0.3, 0.4) is 0 Å². The minimum Gasteiger partial charge on any atom is -0.480 e. The maximum atomic E-state index is 10.5. The third-order valence-electron chi connectivity index (χ3n) is 2.04. The van der Waals surface area contributed by atoms with Crippen molar-refractivity contribution < 1.29 is 9.90 Å². The van der Waals surface area contributed by atoms with Gasteiger partial charge in [0.15, 0.2) is 0 Å². The summed E-state index contributed by atoms with van der Waals surface area (Å²) < 4.78 is 0. The Morgan fingerprint density at radius 1 is 1.44 bits per heavy atom. The zero-order chi connectivity index (χ0) is 12.0. The second-order valence-electron chi connectivity index (χ2n) is 3.31. The second kappa shape index (κ2) is 6.83. The number of benzene rings is 1. The van der Waals surface area contributed by atoms with Crippen LogP contribution in [0, 0.1) is 0 Å². The van der Waals surface area contributed by atoms with Crippen molar-refractivity contribution in [1.29, 1.82) is 0 Å². The standard InChI is InChI=1S/C11H15NO2S2/c1-15-9-4-2-8(3-5-9)6-16-7-10(12)11(13)14/h2-5,10H,6-7,12H2,1H3,(H,13,14). The first-order chi connectivity index (χ1) is 7.63. The monoisotopic (exact) mass is 257 g/mol. The minimum atomic E-state index is -0.940. The van der Waals surface area contributed by atoms with Crippen LogP contribution in [-0.4, -0.2) is 29.1 Å². The Labute approximate surface area is 104 Å². The minimum absolute atomic E-state index is 0.444. The van der Waals surface area contributed by atoms with Gasteiger partial charge in [-0.2, -0.15) is 11.8 Å². The Balaban J connectivity index is 2.34. The van der Waals surface area contributed by atoms with Crippen LogP contribution >= 0.6 is 23.5 Å². The highest BCUT2D eigenvalue weighted by Gasteiger charge is 2.10. The summed E-state index contributed by atoms with van der Waals surface area (Å²) >= 11 is 3.25. The fourth-order valence-corrected chi connectivity index (χ4v) is 2.45. The van der Waals surface area contributed by atoms with Gasteiger partial charge in [0, 0.05) is 16.4 Å². The molecular weight excluding hydrogens is 242 g/mol. The summed E-state index contributed by atoms with van der Waals surface area (Å²) in [6, 6.07) is 7.49. The van der Waals surface area contributed by atoms with Crippen molar-refractivity contribution in [3.05, 3.63) is 29.8 Å². The molecule has 1 aromatic carbocycles. The van der Waals surface area contributed by atoms with Crippen molar-refractivity contribution in [2.45, 2.75) is 16.7 Å². The maximum absolute atomic E-state index is 10.5. The summed E-state index contributed by atoms with van der Waals surface area (Å²) in [6.45, 7) is 0. The molecule has 0 aliphatic heterocycles. The van der Waals surface area contributed by atoms with Crippen molar-refractivity contribution in [3.8, 4) is 0 Å². The van der Waals surface area contributed by atoms with E-state index in [1.165, 1.54) is 10.5 Å². The number of carbonyl (C=O) groups is 1. The molecule has 0 fully saturated rings. The van der Waals surface area contributed by atoms with Gasteiger partial charge in [0.25, 0.3) is 0 Å². The highest BCUT2D eigenvalue weighted by atomic mass is 32.2. The molecule has 0 aromatic heterocycles. The lowest BCUT2D eigenvalue weighted by Crippen LogP contribution is -2.32. The number of rotatable bonds is 6. The van der Waals surface area contributed by atoms with Crippen LogP contribution in [-0.2, 0) is 10.5 Å². The van der Waals surface area contributed by atoms with E-state index in [0.29, 0.717) is 5.75 Å². The van der Waals surface area contributed by atoms with Crippen molar-refractivity contribution in [2.75, 3.05) is 12.0 Å². The van der Waals surface area contributed by atoms with Crippen molar-refractivity contribution in [1.82, 2.24) is 0 Å². The van der Waals surface area contributed by atoms with Gasteiger partial charge < -0.3 is 10.8 Å². The molecular formula is C11H15NO2S2. The number of thioether (sulfide) groups is 2. The third-order valence-corrected chi connectivity index (χ3v) is 3.92. The summed E-state index contributed by atoms with van der Waals surface area (Å²) in [7, 11) is 0. The van der Waals surface area contributed by atoms with Crippen LogP contribution in [0.1, 0.15) is 5.56 Å². The average molecular weight is 257 g/mol. The zero-order valence-electron chi connectivity index (χ0n) is 9.05. The Morgan fingerprint density at radius 3 is 2.56 bits per heavy atom. The van der Waals surface area contributed by atoms with Gasteiger partial charge in [-0.05, 0) is 24.0 Å². The van der Waals surface area contributed by atoms with Gasteiger partial charge in [-0.25, -0.2) is 0 Å². The highest BCUT2D eigenvalue weighted by Crippen LogP contribution is 2.18. The molecule has 0 saturated carbocycles. The molecule has 0 saturated heterocycles. The summed E-state index contributed by atoms with van der Waals surface area (Å²) in [5.41, 5.74) is 6.60. The number of carboxylic acid groups (broad SMARTS) is 1.